The summed E-state index contributed by atoms with van der Waals surface area (Å²) in [7, 11) is 0. The number of aliphatic hydroxyl groups is 1. The van der Waals surface area contributed by atoms with Gasteiger partial charge < -0.3 is 14.7 Å². The van der Waals surface area contributed by atoms with Crippen LogP contribution in [0.25, 0.3) is 5.76 Å². The lowest BCUT2D eigenvalue weighted by molar-refractivity contribution is -0.384. The third kappa shape index (κ3) is 3.57. The van der Waals surface area contributed by atoms with Crippen LogP contribution in [0.4, 0.5) is 5.69 Å². The number of likely N-dealkylation sites (tertiary alicyclic amines) is 1. The van der Waals surface area contributed by atoms with E-state index in [0.717, 1.165) is 12.8 Å². The number of benzene rings is 2. The lowest BCUT2D eigenvalue weighted by atomic mass is 9.95. The number of nitro groups is 1. The highest BCUT2D eigenvalue weighted by atomic mass is 16.6. The number of amides is 1. The van der Waals surface area contributed by atoms with Gasteiger partial charge in [-0.1, -0.05) is 42.5 Å². The molecule has 2 saturated heterocycles. The number of nitro benzene ring substituents is 1. The molecule has 8 nitrogen and oxygen atoms in total. The molecule has 0 aromatic heterocycles. The fourth-order valence-electron chi connectivity index (χ4n) is 3.98. The summed E-state index contributed by atoms with van der Waals surface area (Å²) in [5.41, 5.74) is 0.543. The van der Waals surface area contributed by atoms with Crippen molar-refractivity contribution in [2.45, 2.75) is 25.0 Å². The zero-order chi connectivity index (χ0) is 21.3. The Morgan fingerprint density at radius 2 is 1.93 bits per heavy atom. The van der Waals surface area contributed by atoms with Gasteiger partial charge >= 0.3 is 0 Å². The third-order valence-electron chi connectivity index (χ3n) is 5.41. The maximum Gasteiger partial charge on any atom is 0.295 e. The molecule has 2 aromatic rings. The minimum Gasteiger partial charge on any atom is -0.507 e. The largest absolute Gasteiger partial charge is 0.507 e. The monoisotopic (exact) mass is 408 g/mol. The topological polar surface area (TPSA) is 110 Å². The van der Waals surface area contributed by atoms with Gasteiger partial charge in [0.15, 0.2) is 0 Å². The Kier molecular flexibility index (Phi) is 5.33. The van der Waals surface area contributed by atoms with Crippen molar-refractivity contribution in [3.63, 3.8) is 0 Å². The van der Waals surface area contributed by atoms with Crippen molar-refractivity contribution < 1.29 is 24.4 Å². The molecular weight excluding hydrogens is 388 g/mol. The van der Waals surface area contributed by atoms with Crippen LogP contribution < -0.4 is 0 Å². The van der Waals surface area contributed by atoms with E-state index in [4.69, 9.17) is 4.74 Å². The van der Waals surface area contributed by atoms with Crippen molar-refractivity contribution in [1.29, 1.82) is 0 Å². The first-order valence-electron chi connectivity index (χ1n) is 9.67. The predicted molar refractivity (Wildman–Crippen MR) is 108 cm³/mol. The van der Waals surface area contributed by atoms with Crippen molar-refractivity contribution >= 4 is 23.1 Å². The van der Waals surface area contributed by atoms with Crippen LogP contribution in [0.2, 0.25) is 0 Å². The molecule has 0 bridgehead atoms. The molecule has 2 aromatic carbocycles. The Balaban J connectivity index is 1.85. The summed E-state index contributed by atoms with van der Waals surface area (Å²) < 4.78 is 5.63. The first-order valence-corrected chi connectivity index (χ1v) is 9.67. The molecule has 0 aliphatic carbocycles. The summed E-state index contributed by atoms with van der Waals surface area (Å²) in [5, 5.41) is 22.2. The second kappa shape index (κ2) is 8.08. The maximum atomic E-state index is 12.9. The van der Waals surface area contributed by atoms with E-state index in [-0.39, 0.29) is 29.7 Å². The lowest BCUT2D eigenvalue weighted by Crippen LogP contribution is -2.36. The molecule has 154 valence electrons. The van der Waals surface area contributed by atoms with Crippen molar-refractivity contribution in [1.82, 2.24) is 4.90 Å². The van der Waals surface area contributed by atoms with Crippen molar-refractivity contribution in [2.75, 3.05) is 13.2 Å². The normalized spacial score (nSPS) is 23.1. The molecule has 2 aliphatic heterocycles. The van der Waals surface area contributed by atoms with E-state index in [1.165, 1.54) is 23.1 Å². The highest BCUT2D eigenvalue weighted by Crippen LogP contribution is 2.40. The number of non-ortho nitro benzene ring substituents is 1. The summed E-state index contributed by atoms with van der Waals surface area (Å²) in [6.07, 6.45) is 1.39. The first kappa shape index (κ1) is 19.8. The van der Waals surface area contributed by atoms with Gasteiger partial charge in [-0.3, -0.25) is 19.7 Å². The average molecular weight is 408 g/mol. The number of ketones is 1. The standard InChI is InChI=1S/C22H20N2O6/c25-20(14-6-2-1-3-7-14)18-19(15-8-4-9-16(12-15)24(28)29)23(22(27)21(18)26)13-17-10-5-11-30-17/h1-4,6-9,12,17,19,25H,5,10-11,13H2/t17-,19-/m1/s1. The third-order valence-corrected chi connectivity index (χ3v) is 5.41. The van der Waals surface area contributed by atoms with Crippen LogP contribution in [0.15, 0.2) is 60.2 Å². The van der Waals surface area contributed by atoms with Gasteiger partial charge in [-0.05, 0) is 18.4 Å². The summed E-state index contributed by atoms with van der Waals surface area (Å²) in [6.45, 7) is 0.754. The minimum absolute atomic E-state index is 0.0790. The lowest BCUT2D eigenvalue weighted by Gasteiger charge is -2.27. The number of rotatable bonds is 5. The molecule has 2 atom stereocenters. The van der Waals surface area contributed by atoms with E-state index in [9.17, 15) is 24.8 Å². The van der Waals surface area contributed by atoms with E-state index in [1.54, 1.807) is 36.4 Å². The Hall–Kier alpha value is -3.52. The van der Waals surface area contributed by atoms with Crippen molar-refractivity contribution in [2.24, 2.45) is 0 Å². The summed E-state index contributed by atoms with van der Waals surface area (Å²) >= 11 is 0. The molecule has 0 spiro atoms. The second-order valence-electron chi connectivity index (χ2n) is 7.30. The van der Waals surface area contributed by atoms with Gasteiger partial charge in [0.05, 0.1) is 22.6 Å². The Bertz CT molecular complexity index is 1030. The number of nitrogens with zero attached hydrogens (tertiary/aromatic N) is 2. The zero-order valence-electron chi connectivity index (χ0n) is 16.1. The SMILES string of the molecule is O=C1C(=O)N(C[C@H]2CCCO2)[C@H](c2cccc([N+](=O)[O-])c2)C1=C(O)c1ccccc1. The molecule has 0 unspecified atom stereocenters. The van der Waals surface area contributed by atoms with Gasteiger partial charge in [0.2, 0.25) is 0 Å². The number of ether oxygens (including phenoxy) is 1. The van der Waals surface area contributed by atoms with Crippen LogP contribution in [0.3, 0.4) is 0 Å². The summed E-state index contributed by atoms with van der Waals surface area (Å²) in [6, 6.07) is 13.3. The first-order chi connectivity index (χ1) is 14.5. The minimum atomic E-state index is -0.936. The van der Waals surface area contributed by atoms with Crippen LogP contribution in [-0.2, 0) is 14.3 Å². The number of carbonyl (C=O) groups is 2. The number of carbonyl (C=O) groups excluding carboxylic acids is 2. The maximum absolute atomic E-state index is 12.9. The number of Topliss-reactive ketones (excluding diaryl/α,β-unsaturated/α-hetero) is 1. The molecule has 8 heteroatoms. The number of hydrogen-bond acceptors (Lipinski definition) is 6. The highest BCUT2D eigenvalue weighted by molar-refractivity contribution is 6.46. The van der Waals surface area contributed by atoms with Crippen LogP contribution in [-0.4, -0.2) is 45.9 Å². The Morgan fingerprint density at radius 3 is 2.60 bits per heavy atom. The van der Waals surface area contributed by atoms with Crippen LogP contribution >= 0.6 is 0 Å². The highest BCUT2D eigenvalue weighted by Gasteiger charge is 2.47. The van der Waals surface area contributed by atoms with Gasteiger partial charge in [0, 0.05) is 30.8 Å². The molecule has 1 N–H and O–H groups in total. The molecule has 0 radical (unpaired) electrons. The molecule has 4 rings (SSSR count). The number of aliphatic hydroxyl groups excluding tert-OH is 1. The molecule has 2 heterocycles. The van der Waals surface area contributed by atoms with Gasteiger partial charge in [-0.15, -0.1) is 0 Å². The second-order valence-corrected chi connectivity index (χ2v) is 7.30. The van der Waals surface area contributed by atoms with E-state index in [2.05, 4.69) is 0 Å². The van der Waals surface area contributed by atoms with Crippen molar-refractivity contribution in [3.05, 3.63) is 81.4 Å². The van der Waals surface area contributed by atoms with E-state index < -0.39 is 22.7 Å². The van der Waals surface area contributed by atoms with Gasteiger partial charge in [0.25, 0.3) is 17.4 Å². The Labute approximate surface area is 172 Å². The summed E-state index contributed by atoms with van der Waals surface area (Å²) in [4.78, 5) is 37.9. The Morgan fingerprint density at radius 1 is 1.17 bits per heavy atom. The number of hydrogen-bond donors (Lipinski definition) is 1. The molecule has 2 aliphatic rings. The molecule has 0 saturated carbocycles. The quantitative estimate of drug-likeness (QED) is 0.267. The smallest absolute Gasteiger partial charge is 0.295 e. The average Bonchev–Trinajstić information content (AvgIpc) is 3.36. The van der Waals surface area contributed by atoms with Crippen LogP contribution in [0.1, 0.15) is 30.0 Å². The molecular formula is C22H20N2O6. The van der Waals surface area contributed by atoms with E-state index >= 15 is 0 Å². The molecule has 1 amide bonds. The van der Waals surface area contributed by atoms with Crippen LogP contribution in [0, 0.1) is 10.1 Å². The molecule has 2 fully saturated rings. The van der Waals surface area contributed by atoms with Gasteiger partial charge in [0.1, 0.15) is 5.76 Å². The van der Waals surface area contributed by atoms with Gasteiger partial charge in [-0.25, -0.2) is 0 Å². The fraction of sp³-hybridized carbons (Fsp3) is 0.273. The van der Waals surface area contributed by atoms with Crippen molar-refractivity contribution in [3.8, 4) is 0 Å². The summed E-state index contributed by atoms with van der Waals surface area (Å²) in [5.74, 6) is -1.87. The predicted octanol–water partition coefficient (Wildman–Crippen LogP) is 3.20. The van der Waals surface area contributed by atoms with E-state index in [0.29, 0.717) is 17.7 Å². The van der Waals surface area contributed by atoms with Crippen LogP contribution in [0.5, 0.6) is 0 Å². The fourth-order valence-corrected chi connectivity index (χ4v) is 3.98. The van der Waals surface area contributed by atoms with Gasteiger partial charge in [-0.2, -0.15) is 0 Å². The zero-order valence-corrected chi connectivity index (χ0v) is 16.1. The molecule has 30 heavy (non-hydrogen) atoms. The van der Waals surface area contributed by atoms with E-state index in [1.807, 2.05) is 0 Å².